The molecule has 28 heavy (non-hydrogen) atoms. The Hall–Kier alpha value is -2.33. The van der Waals surface area contributed by atoms with Crippen molar-refractivity contribution < 1.29 is 4.74 Å². The largest absolute Gasteiger partial charge is 0.486 e. The van der Waals surface area contributed by atoms with Crippen molar-refractivity contribution in [2.45, 2.75) is 52.7 Å². The molecule has 1 aliphatic rings. The van der Waals surface area contributed by atoms with Gasteiger partial charge in [0.15, 0.2) is 0 Å². The maximum atomic E-state index is 6.02. The van der Waals surface area contributed by atoms with Crippen molar-refractivity contribution >= 4 is 12.2 Å². The Morgan fingerprint density at radius 3 is 2.82 bits per heavy atom. The second-order valence-corrected chi connectivity index (χ2v) is 7.61. The number of allylic oxidation sites excluding steroid dienone is 1. The topological polar surface area (TPSA) is 39.1 Å². The molecule has 1 fully saturated rings. The Labute approximate surface area is 169 Å². The third-order valence-corrected chi connectivity index (χ3v) is 5.41. The second kappa shape index (κ2) is 10.3. The fourth-order valence-corrected chi connectivity index (χ4v) is 3.87. The van der Waals surface area contributed by atoms with Crippen LogP contribution in [0.15, 0.2) is 36.9 Å². The summed E-state index contributed by atoms with van der Waals surface area (Å²) in [7, 11) is 0. The van der Waals surface area contributed by atoms with Crippen molar-refractivity contribution in [3.63, 3.8) is 0 Å². The van der Waals surface area contributed by atoms with Gasteiger partial charge in [-0.2, -0.15) is 0 Å². The molecule has 150 valence electrons. The number of benzene rings is 1. The zero-order valence-corrected chi connectivity index (χ0v) is 17.3. The lowest BCUT2D eigenvalue weighted by molar-refractivity contribution is 0.286. The monoisotopic (exact) mass is 379 g/mol. The molecule has 2 aromatic rings. The van der Waals surface area contributed by atoms with E-state index in [1.54, 1.807) is 0 Å². The van der Waals surface area contributed by atoms with Crippen LogP contribution >= 0.6 is 0 Å². The first-order valence-corrected chi connectivity index (χ1v) is 10.5. The van der Waals surface area contributed by atoms with Gasteiger partial charge in [-0.1, -0.05) is 30.4 Å². The molecule has 4 nitrogen and oxygen atoms in total. The highest BCUT2D eigenvalue weighted by Crippen LogP contribution is 2.21. The number of piperidine rings is 1. The lowest BCUT2D eigenvalue weighted by Crippen LogP contribution is -2.29. The summed E-state index contributed by atoms with van der Waals surface area (Å²) in [4.78, 5) is 4.80. The van der Waals surface area contributed by atoms with Gasteiger partial charge in [-0.25, -0.2) is 4.98 Å². The van der Waals surface area contributed by atoms with Crippen LogP contribution in [0.1, 0.15) is 55.4 Å². The number of nitrogens with one attached hydrogen (secondary N) is 1. The summed E-state index contributed by atoms with van der Waals surface area (Å²) in [5.41, 5.74) is 3.29. The molecule has 3 rings (SSSR count). The zero-order chi connectivity index (χ0) is 19.8. The molecule has 4 heteroatoms. The van der Waals surface area contributed by atoms with Gasteiger partial charge < -0.3 is 14.6 Å². The van der Waals surface area contributed by atoms with Gasteiger partial charge in [0.25, 0.3) is 0 Å². The van der Waals surface area contributed by atoms with E-state index in [0.29, 0.717) is 6.61 Å². The Bertz CT molecular complexity index is 783. The predicted octanol–water partition coefficient (Wildman–Crippen LogP) is 5.23. The molecule has 1 atom stereocenters. The SMILES string of the molecule is C=Cc1nc(COc2ccc(C)cc2)n(CCCC2CCCNC2)c1/C=C\C. The van der Waals surface area contributed by atoms with Crippen LogP contribution in [0.4, 0.5) is 0 Å². The van der Waals surface area contributed by atoms with E-state index in [9.17, 15) is 0 Å². The molecule has 0 bridgehead atoms. The molecular weight excluding hydrogens is 346 g/mol. The van der Waals surface area contributed by atoms with Gasteiger partial charge in [-0.15, -0.1) is 0 Å². The molecule has 0 spiro atoms. The lowest BCUT2D eigenvalue weighted by Gasteiger charge is -2.23. The lowest BCUT2D eigenvalue weighted by atomic mass is 9.95. The van der Waals surface area contributed by atoms with Gasteiger partial charge >= 0.3 is 0 Å². The van der Waals surface area contributed by atoms with Crippen molar-refractivity contribution in [3.05, 3.63) is 59.7 Å². The van der Waals surface area contributed by atoms with Crippen molar-refractivity contribution in [1.82, 2.24) is 14.9 Å². The molecule has 1 aliphatic heterocycles. The first-order valence-electron chi connectivity index (χ1n) is 10.5. The number of rotatable bonds is 9. The quantitative estimate of drug-likeness (QED) is 0.649. The fourth-order valence-electron chi connectivity index (χ4n) is 3.87. The highest BCUT2D eigenvalue weighted by atomic mass is 16.5. The van der Waals surface area contributed by atoms with E-state index in [0.717, 1.165) is 48.4 Å². The van der Waals surface area contributed by atoms with E-state index < -0.39 is 0 Å². The smallest absolute Gasteiger partial charge is 0.147 e. The van der Waals surface area contributed by atoms with Crippen molar-refractivity contribution in [2.24, 2.45) is 5.92 Å². The van der Waals surface area contributed by atoms with Crippen LogP contribution in [0.2, 0.25) is 0 Å². The molecule has 1 aromatic heterocycles. The summed E-state index contributed by atoms with van der Waals surface area (Å²) in [5.74, 6) is 2.64. The number of ether oxygens (including phenoxy) is 1. The van der Waals surface area contributed by atoms with Gasteiger partial charge in [0, 0.05) is 6.54 Å². The third kappa shape index (κ3) is 5.35. The Balaban J connectivity index is 1.71. The number of aromatic nitrogens is 2. The van der Waals surface area contributed by atoms with Crippen molar-refractivity contribution in [3.8, 4) is 5.75 Å². The van der Waals surface area contributed by atoms with Crippen LogP contribution in [0, 0.1) is 12.8 Å². The predicted molar refractivity (Wildman–Crippen MR) is 117 cm³/mol. The summed E-state index contributed by atoms with van der Waals surface area (Å²) in [6, 6.07) is 8.17. The molecule has 1 N–H and O–H groups in total. The first kappa shape index (κ1) is 20.4. The number of imidazole rings is 1. The van der Waals surface area contributed by atoms with E-state index in [1.807, 2.05) is 25.1 Å². The van der Waals surface area contributed by atoms with Crippen LogP contribution in [-0.4, -0.2) is 22.6 Å². The van der Waals surface area contributed by atoms with Gasteiger partial charge in [0.2, 0.25) is 0 Å². The fraction of sp³-hybridized carbons (Fsp3) is 0.458. The minimum atomic E-state index is 0.465. The van der Waals surface area contributed by atoms with Gasteiger partial charge in [0.05, 0.1) is 11.4 Å². The van der Waals surface area contributed by atoms with Crippen LogP contribution in [0.5, 0.6) is 5.75 Å². The summed E-state index contributed by atoms with van der Waals surface area (Å²) in [6.45, 7) is 11.8. The van der Waals surface area contributed by atoms with Crippen LogP contribution in [0.25, 0.3) is 12.2 Å². The van der Waals surface area contributed by atoms with Gasteiger partial charge in [0.1, 0.15) is 18.2 Å². The van der Waals surface area contributed by atoms with E-state index in [2.05, 4.69) is 47.7 Å². The number of nitrogens with zero attached hydrogens (tertiary/aromatic N) is 2. The third-order valence-electron chi connectivity index (χ3n) is 5.41. The van der Waals surface area contributed by atoms with E-state index >= 15 is 0 Å². The summed E-state index contributed by atoms with van der Waals surface area (Å²) < 4.78 is 8.33. The molecule has 1 unspecified atom stereocenters. The number of hydrogen-bond donors (Lipinski definition) is 1. The Morgan fingerprint density at radius 1 is 1.32 bits per heavy atom. The molecule has 0 amide bonds. The van der Waals surface area contributed by atoms with Gasteiger partial charge in [-0.3, -0.25) is 0 Å². The number of hydrogen-bond acceptors (Lipinski definition) is 3. The number of aryl methyl sites for hydroxylation is 1. The highest BCUT2D eigenvalue weighted by Gasteiger charge is 2.16. The summed E-state index contributed by atoms with van der Waals surface area (Å²) >= 11 is 0. The Kier molecular flexibility index (Phi) is 7.49. The molecule has 1 aromatic carbocycles. The van der Waals surface area contributed by atoms with Crippen molar-refractivity contribution in [1.29, 1.82) is 0 Å². The second-order valence-electron chi connectivity index (χ2n) is 7.61. The average molecular weight is 380 g/mol. The minimum Gasteiger partial charge on any atom is -0.486 e. The molecule has 1 saturated heterocycles. The Morgan fingerprint density at radius 2 is 2.14 bits per heavy atom. The van der Waals surface area contributed by atoms with Crippen LogP contribution < -0.4 is 10.1 Å². The highest BCUT2D eigenvalue weighted by molar-refractivity contribution is 5.59. The zero-order valence-electron chi connectivity index (χ0n) is 17.3. The van der Waals surface area contributed by atoms with Crippen molar-refractivity contribution in [2.75, 3.05) is 13.1 Å². The molecule has 0 aliphatic carbocycles. The first-order chi connectivity index (χ1) is 13.7. The maximum Gasteiger partial charge on any atom is 0.147 e. The average Bonchev–Trinajstić information content (AvgIpc) is 3.05. The van der Waals surface area contributed by atoms with E-state index in [1.165, 1.54) is 31.4 Å². The molecule has 0 radical (unpaired) electrons. The van der Waals surface area contributed by atoms with E-state index in [4.69, 9.17) is 9.72 Å². The minimum absolute atomic E-state index is 0.465. The van der Waals surface area contributed by atoms with Crippen LogP contribution in [0.3, 0.4) is 0 Å². The van der Waals surface area contributed by atoms with Gasteiger partial charge in [-0.05, 0) is 82.8 Å². The normalized spacial score (nSPS) is 17.1. The standard InChI is InChI=1S/C24H33N3O/c1-4-8-23-22(5-2)26-24(18-28-21-13-11-19(3)12-14-21)27(23)16-7-10-20-9-6-15-25-17-20/h4-5,8,11-14,20,25H,2,6-7,9-10,15-18H2,1,3H3/b8-4-. The summed E-state index contributed by atoms with van der Waals surface area (Å²) in [5, 5.41) is 3.52. The summed E-state index contributed by atoms with van der Waals surface area (Å²) in [6.07, 6.45) is 11.1. The molecule has 0 saturated carbocycles. The maximum absolute atomic E-state index is 6.02. The molecule has 2 heterocycles. The van der Waals surface area contributed by atoms with Crippen LogP contribution in [-0.2, 0) is 13.2 Å². The molecular formula is C24H33N3O. The van der Waals surface area contributed by atoms with E-state index in [-0.39, 0.29) is 0 Å².